The van der Waals surface area contributed by atoms with E-state index in [2.05, 4.69) is 20.6 Å². The number of amides is 1. The molecule has 0 spiro atoms. The summed E-state index contributed by atoms with van der Waals surface area (Å²) < 4.78 is 0. The standard InChI is InChI=1S/C13H18N4O/c18-12-6-5-9(17-12)7-14-13-10-3-1-2-4-11(10)15-8-16-13/h8-9H,1-7H2,(H,17,18)(H,14,15,16). The highest BCUT2D eigenvalue weighted by molar-refractivity contribution is 5.78. The lowest BCUT2D eigenvalue weighted by molar-refractivity contribution is -0.119. The molecule has 96 valence electrons. The Hall–Kier alpha value is -1.65. The third-order valence-corrected chi connectivity index (χ3v) is 3.73. The number of fused-ring (bicyclic) bond motifs is 1. The fourth-order valence-electron chi connectivity index (χ4n) is 2.72. The largest absolute Gasteiger partial charge is 0.368 e. The van der Waals surface area contributed by atoms with Crippen LogP contribution in [-0.4, -0.2) is 28.5 Å². The van der Waals surface area contributed by atoms with Crippen molar-refractivity contribution in [3.05, 3.63) is 17.6 Å². The van der Waals surface area contributed by atoms with Crippen LogP contribution < -0.4 is 10.6 Å². The van der Waals surface area contributed by atoms with Crippen LogP contribution >= 0.6 is 0 Å². The number of hydrogen-bond acceptors (Lipinski definition) is 4. The van der Waals surface area contributed by atoms with Crippen molar-refractivity contribution in [3.8, 4) is 0 Å². The number of nitrogens with zero attached hydrogens (tertiary/aromatic N) is 2. The molecule has 2 heterocycles. The second-order valence-corrected chi connectivity index (χ2v) is 5.04. The second-order valence-electron chi connectivity index (χ2n) is 5.04. The van der Waals surface area contributed by atoms with Crippen LogP contribution in [0.4, 0.5) is 5.82 Å². The molecular weight excluding hydrogens is 228 g/mol. The Morgan fingerprint density at radius 1 is 1.28 bits per heavy atom. The molecular formula is C13H18N4O. The Kier molecular flexibility index (Phi) is 3.13. The highest BCUT2D eigenvalue weighted by Crippen LogP contribution is 2.24. The Labute approximate surface area is 106 Å². The predicted molar refractivity (Wildman–Crippen MR) is 68.3 cm³/mol. The van der Waals surface area contributed by atoms with Gasteiger partial charge in [-0.05, 0) is 32.1 Å². The van der Waals surface area contributed by atoms with E-state index < -0.39 is 0 Å². The zero-order valence-corrected chi connectivity index (χ0v) is 10.4. The average Bonchev–Trinajstić information content (AvgIpc) is 2.82. The first-order valence-corrected chi connectivity index (χ1v) is 6.69. The second kappa shape index (κ2) is 4.92. The highest BCUT2D eigenvalue weighted by atomic mass is 16.1. The van der Waals surface area contributed by atoms with Gasteiger partial charge in [0, 0.05) is 30.3 Å². The summed E-state index contributed by atoms with van der Waals surface area (Å²) in [6.07, 6.45) is 7.77. The number of aromatic nitrogens is 2. The fraction of sp³-hybridized carbons (Fsp3) is 0.615. The molecule has 3 rings (SSSR count). The van der Waals surface area contributed by atoms with Crippen molar-refractivity contribution >= 4 is 11.7 Å². The number of aryl methyl sites for hydroxylation is 1. The van der Waals surface area contributed by atoms with Gasteiger partial charge in [-0.2, -0.15) is 0 Å². The highest BCUT2D eigenvalue weighted by Gasteiger charge is 2.21. The Morgan fingerprint density at radius 2 is 2.17 bits per heavy atom. The number of carbonyl (C=O) groups is 1. The van der Waals surface area contributed by atoms with Crippen molar-refractivity contribution in [1.29, 1.82) is 0 Å². The number of hydrogen-bond donors (Lipinski definition) is 2. The van der Waals surface area contributed by atoms with Crippen molar-refractivity contribution in [2.45, 2.75) is 44.6 Å². The van der Waals surface area contributed by atoms with Crippen molar-refractivity contribution in [2.75, 3.05) is 11.9 Å². The van der Waals surface area contributed by atoms with E-state index in [0.29, 0.717) is 6.42 Å². The zero-order valence-electron chi connectivity index (χ0n) is 10.4. The number of nitrogens with one attached hydrogen (secondary N) is 2. The first-order chi connectivity index (χ1) is 8.83. The Balaban J connectivity index is 1.67. The molecule has 1 saturated heterocycles. The lowest BCUT2D eigenvalue weighted by Gasteiger charge is -2.19. The molecule has 0 bridgehead atoms. The van der Waals surface area contributed by atoms with Crippen molar-refractivity contribution in [2.24, 2.45) is 0 Å². The molecule has 18 heavy (non-hydrogen) atoms. The molecule has 0 radical (unpaired) electrons. The molecule has 2 aliphatic rings. The van der Waals surface area contributed by atoms with Gasteiger partial charge in [-0.1, -0.05) is 0 Å². The van der Waals surface area contributed by atoms with Crippen molar-refractivity contribution in [1.82, 2.24) is 15.3 Å². The minimum absolute atomic E-state index is 0.159. The average molecular weight is 246 g/mol. The number of carbonyl (C=O) groups excluding carboxylic acids is 1. The summed E-state index contributed by atoms with van der Waals surface area (Å²) >= 11 is 0. The predicted octanol–water partition coefficient (Wildman–Crippen LogP) is 1.05. The molecule has 1 unspecified atom stereocenters. The summed E-state index contributed by atoms with van der Waals surface area (Å²) in [6, 6.07) is 0.242. The number of anilines is 1. The quantitative estimate of drug-likeness (QED) is 0.836. The van der Waals surface area contributed by atoms with E-state index in [9.17, 15) is 4.79 Å². The summed E-state index contributed by atoms with van der Waals surface area (Å²) in [6.45, 7) is 0.759. The maximum absolute atomic E-state index is 11.1. The van der Waals surface area contributed by atoms with Gasteiger partial charge in [0.15, 0.2) is 0 Å². The molecule has 1 aromatic rings. The van der Waals surface area contributed by atoms with E-state index in [1.807, 2.05) is 0 Å². The minimum atomic E-state index is 0.159. The van der Waals surface area contributed by atoms with Gasteiger partial charge < -0.3 is 10.6 Å². The molecule has 0 saturated carbocycles. The van der Waals surface area contributed by atoms with Crippen LogP contribution in [0.2, 0.25) is 0 Å². The van der Waals surface area contributed by atoms with E-state index in [0.717, 1.165) is 31.6 Å². The first kappa shape index (κ1) is 11.4. The maximum Gasteiger partial charge on any atom is 0.220 e. The summed E-state index contributed by atoms with van der Waals surface area (Å²) in [5, 5.41) is 6.33. The van der Waals surface area contributed by atoms with E-state index in [-0.39, 0.29) is 11.9 Å². The molecule has 5 heteroatoms. The van der Waals surface area contributed by atoms with Gasteiger partial charge in [0.2, 0.25) is 5.91 Å². The van der Waals surface area contributed by atoms with Crippen LogP contribution in [0, 0.1) is 0 Å². The van der Waals surface area contributed by atoms with Gasteiger partial charge in [-0.3, -0.25) is 4.79 Å². The van der Waals surface area contributed by atoms with Gasteiger partial charge >= 0.3 is 0 Å². The Morgan fingerprint density at radius 3 is 3.00 bits per heavy atom. The summed E-state index contributed by atoms with van der Waals surface area (Å²) in [5.41, 5.74) is 2.46. The van der Waals surface area contributed by atoms with Crippen LogP contribution in [0.5, 0.6) is 0 Å². The molecule has 1 aliphatic heterocycles. The van der Waals surface area contributed by atoms with Crippen LogP contribution in [0.3, 0.4) is 0 Å². The topological polar surface area (TPSA) is 66.9 Å². The third-order valence-electron chi connectivity index (χ3n) is 3.73. The van der Waals surface area contributed by atoms with Gasteiger partial charge in [-0.25, -0.2) is 9.97 Å². The Bertz CT molecular complexity index is 460. The molecule has 1 aliphatic carbocycles. The van der Waals surface area contributed by atoms with Crippen molar-refractivity contribution in [3.63, 3.8) is 0 Å². The van der Waals surface area contributed by atoms with E-state index in [4.69, 9.17) is 0 Å². The lowest BCUT2D eigenvalue weighted by atomic mass is 9.96. The molecule has 0 aromatic carbocycles. The maximum atomic E-state index is 11.1. The number of rotatable bonds is 3. The zero-order chi connectivity index (χ0) is 12.4. The molecule has 5 nitrogen and oxygen atoms in total. The summed E-state index contributed by atoms with van der Waals surface area (Å²) in [4.78, 5) is 19.8. The normalized spacial score (nSPS) is 22.4. The molecule has 2 N–H and O–H groups in total. The van der Waals surface area contributed by atoms with Gasteiger partial charge in [0.25, 0.3) is 0 Å². The van der Waals surface area contributed by atoms with Crippen LogP contribution in [0.25, 0.3) is 0 Å². The minimum Gasteiger partial charge on any atom is -0.368 e. The van der Waals surface area contributed by atoms with Crippen LogP contribution in [0.15, 0.2) is 6.33 Å². The molecule has 1 fully saturated rings. The van der Waals surface area contributed by atoms with Crippen LogP contribution in [0.1, 0.15) is 36.9 Å². The van der Waals surface area contributed by atoms with Gasteiger partial charge in [-0.15, -0.1) is 0 Å². The summed E-state index contributed by atoms with van der Waals surface area (Å²) in [7, 11) is 0. The molecule has 1 atom stereocenters. The van der Waals surface area contributed by atoms with Gasteiger partial charge in [0.1, 0.15) is 12.1 Å². The third kappa shape index (κ3) is 2.30. The van der Waals surface area contributed by atoms with E-state index >= 15 is 0 Å². The van der Waals surface area contributed by atoms with Gasteiger partial charge in [0.05, 0.1) is 0 Å². The summed E-state index contributed by atoms with van der Waals surface area (Å²) in [5.74, 6) is 1.12. The molecule has 1 amide bonds. The SMILES string of the molecule is O=C1CCC(CNc2ncnc3c2CCCC3)N1. The van der Waals surface area contributed by atoms with Crippen LogP contribution in [-0.2, 0) is 17.6 Å². The first-order valence-electron chi connectivity index (χ1n) is 6.69. The van der Waals surface area contributed by atoms with E-state index in [1.54, 1.807) is 6.33 Å². The van der Waals surface area contributed by atoms with Crippen molar-refractivity contribution < 1.29 is 4.79 Å². The fourth-order valence-corrected chi connectivity index (χ4v) is 2.72. The smallest absolute Gasteiger partial charge is 0.220 e. The molecule has 1 aromatic heterocycles. The van der Waals surface area contributed by atoms with E-state index in [1.165, 1.54) is 24.1 Å². The monoisotopic (exact) mass is 246 g/mol. The lowest BCUT2D eigenvalue weighted by Crippen LogP contribution is -2.32.